The summed E-state index contributed by atoms with van der Waals surface area (Å²) >= 11 is 6.98. The van der Waals surface area contributed by atoms with Crippen LogP contribution in [0.5, 0.6) is 0 Å². The molecule has 1 rings (SSSR count). The first-order chi connectivity index (χ1) is 6.68. The molecule has 0 fully saturated rings. The van der Waals surface area contributed by atoms with E-state index in [1.54, 1.807) is 0 Å². The molecule has 1 aromatic heterocycles. The minimum absolute atomic E-state index is 0.349. The summed E-state index contributed by atoms with van der Waals surface area (Å²) in [7, 11) is 0. The fraction of sp³-hybridized carbons (Fsp3) is 0.778. The first kappa shape index (κ1) is 11.9. The predicted octanol–water partition coefficient (Wildman–Crippen LogP) is 3.24. The predicted molar refractivity (Wildman–Crippen MR) is 58.8 cm³/mol. The molecule has 0 bridgehead atoms. The van der Waals surface area contributed by atoms with E-state index in [2.05, 4.69) is 23.2 Å². The Kier molecular flexibility index (Phi) is 4.29. The number of hydrogen-bond donors (Lipinski definition) is 0. The highest BCUT2D eigenvalue weighted by Gasteiger charge is 2.33. The number of halogens is 1. The quantitative estimate of drug-likeness (QED) is 0.785. The molecule has 0 saturated heterocycles. The van der Waals surface area contributed by atoms with Crippen LogP contribution in [0.15, 0.2) is 0 Å². The number of ether oxygens (including phenoxy) is 1. The summed E-state index contributed by atoms with van der Waals surface area (Å²) in [5.74, 6) is 0.722. The van der Waals surface area contributed by atoms with Crippen molar-refractivity contribution < 1.29 is 4.74 Å². The molecule has 0 radical (unpaired) electrons. The third kappa shape index (κ3) is 2.24. The normalized spacial score (nSPS) is 12.0. The maximum absolute atomic E-state index is 5.77. The number of aromatic nitrogens is 2. The molecule has 5 heteroatoms. The second-order valence-corrected chi connectivity index (χ2v) is 4.34. The molecule has 0 atom stereocenters. The summed E-state index contributed by atoms with van der Waals surface area (Å²) in [5, 5.41) is 0. The van der Waals surface area contributed by atoms with Crippen molar-refractivity contribution in [3.05, 3.63) is 10.3 Å². The van der Waals surface area contributed by atoms with Gasteiger partial charge in [-0.05, 0) is 42.9 Å². The fourth-order valence-corrected chi connectivity index (χ4v) is 2.18. The van der Waals surface area contributed by atoms with E-state index in [-0.39, 0.29) is 5.60 Å². The Morgan fingerprint density at radius 3 is 2.36 bits per heavy atom. The van der Waals surface area contributed by atoms with Gasteiger partial charge in [0.1, 0.15) is 5.60 Å². The molecular weight excluding hydrogens is 220 g/mol. The molecule has 0 aliphatic carbocycles. The molecule has 0 aliphatic rings. The topological polar surface area (TPSA) is 35.0 Å². The second kappa shape index (κ2) is 5.05. The van der Waals surface area contributed by atoms with Gasteiger partial charge in [0.15, 0.2) is 5.82 Å². The number of nitrogens with zero attached hydrogens (tertiary/aromatic N) is 2. The van der Waals surface area contributed by atoms with Crippen LogP contribution in [0, 0.1) is 0 Å². The summed E-state index contributed by atoms with van der Waals surface area (Å²) in [4.78, 5) is 4.19. The van der Waals surface area contributed by atoms with Gasteiger partial charge in [0, 0.05) is 6.61 Å². The summed E-state index contributed by atoms with van der Waals surface area (Å²) in [5.41, 5.74) is -0.349. The minimum atomic E-state index is -0.349. The van der Waals surface area contributed by atoms with Crippen molar-refractivity contribution in [2.75, 3.05) is 6.61 Å². The molecule has 80 valence electrons. The summed E-state index contributed by atoms with van der Waals surface area (Å²) < 4.78 is 10.5. The molecule has 0 spiro atoms. The van der Waals surface area contributed by atoms with Crippen molar-refractivity contribution in [2.45, 2.75) is 39.2 Å². The van der Waals surface area contributed by atoms with Gasteiger partial charge in [-0.3, -0.25) is 0 Å². The molecule has 14 heavy (non-hydrogen) atoms. The molecule has 0 N–H and O–H groups in total. The van der Waals surface area contributed by atoms with E-state index in [1.807, 2.05) is 6.92 Å². The lowest BCUT2D eigenvalue weighted by atomic mass is 9.96. The van der Waals surface area contributed by atoms with Crippen molar-refractivity contribution in [3.63, 3.8) is 0 Å². The second-order valence-electron chi connectivity index (χ2n) is 3.01. The largest absolute Gasteiger partial charge is 0.367 e. The van der Waals surface area contributed by atoms with E-state index in [0.717, 1.165) is 18.7 Å². The van der Waals surface area contributed by atoms with Crippen molar-refractivity contribution in [1.82, 2.24) is 9.36 Å². The van der Waals surface area contributed by atoms with Crippen LogP contribution >= 0.6 is 23.1 Å². The van der Waals surface area contributed by atoms with E-state index in [0.29, 0.717) is 11.1 Å². The van der Waals surface area contributed by atoms with Gasteiger partial charge >= 0.3 is 0 Å². The van der Waals surface area contributed by atoms with Crippen LogP contribution in [0.4, 0.5) is 0 Å². The van der Waals surface area contributed by atoms with E-state index >= 15 is 0 Å². The third-order valence-corrected chi connectivity index (χ3v) is 3.17. The highest BCUT2D eigenvalue weighted by atomic mass is 35.5. The van der Waals surface area contributed by atoms with Crippen LogP contribution < -0.4 is 0 Å². The van der Waals surface area contributed by atoms with Crippen molar-refractivity contribution in [1.29, 1.82) is 0 Å². The highest BCUT2D eigenvalue weighted by molar-refractivity contribution is 7.10. The zero-order chi connectivity index (χ0) is 10.6. The Morgan fingerprint density at radius 1 is 1.36 bits per heavy atom. The Morgan fingerprint density at radius 2 is 2.00 bits per heavy atom. The first-order valence-corrected chi connectivity index (χ1v) is 5.97. The van der Waals surface area contributed by atoms with Gasteiger partial charge in [0.25, 0.3) is 0 Å². The summed E-state index contributed by atoms with van der Waals surface area (Å²) in [6.07, 6.45) is 1.73. The zero-order valence-corrected chi connectivity index (χ0v) is 10.3. The lowest BCUT2D eigenvalue weighted by molar-refractivity contribution is -0.0563. The standard InChI is InChI=1S/C9H15ClN2OS/c1-4-9(5-2,13-6-3)7-11-8(10)14-12-7/h4-6H2,1-3H3. The third-order valence-electron chi connectivity index (χ3n) is 2.37. The van der Waals surface area contributed by atoms with Crippen molar-refractivity contribution in [3.8, 4) is 0 Å². The lowest BCUT2D eigenvalue weighted by Gasteiger charge is -2.28. The van der Waals surface area contributed by atoms with Gasteiger partial charge in [-0.25, -0.2) is 4.98 Å². The smallest absolute Gasteiger partial charge is 0.203 e. The van der Waals surface area contributed by atoms with Crippen LogP contribution in [0.25, 0.3) is 0 Å². The molecule has 1 aromatic rings. The molecule has 0 amide bonds. The van der Waals surface area contributed by atoms with Gasteiger partial charge in [-0.2, -0.15) is 4.37 Å². The van der Waals surface area contributed by atoms with E-state index in [9.17, 15) is 0 Å². The van der Waals surface area contributed by atoms with Crippen LogP contribution in [0.1, 0.15) is 39.4 Å². The molecule has 0 unspecified atom stereocenters. The average molecular weight is 235 g/mol. The molecule has 1 heterocycles. The maximum Gasteiger partial charge on any atom is 0.203 e. The minimum Gasteiger partial charge on any atom is -0.367 e. The Bertz CT molecular complexity index is 286. The van der Waals surface area contributed by atoms with Gasteiger partial charge in [0.2, 0.25) is 4.47 Å². The van der Waals surface area contributed by atoms with Crippen LogP contribution in [-0.2, 0) is 10.3 Å². The summed E-state index contributed by atoms with van der Waals surface area (Å²) in [6, 6.07) is 0. The Hall–Kier alpha value is -0.190. The highest BCUT2D eigenvalue weighted by Crippen LogP contribution is 2.32. The monoisotopic (exact) mass is 234 g/mol. The van der Waals surface area contributed by atoms with Crippen molar-refractivity contribution in [2.24, 2.45) is 0 Å². The van der Waals surface area contributed by atoms with E-state index in [4.69, 9.17) is 16.3 Å². The Labute approximate surface area is 93.6 Å². The van der Waals surface area contributed by atoms with Gasteiger partial charge < -0.3 is 4.74 Å². The molecule has 0 aliphatic heterocycles. The van der Waals surface area contributed by atoms with Gasteiger partial charge in [0.05, 0.1) is 0 Å². The zero-order valence-electron chi connectivity index (χ0n) is 8.71. The molecule has 3 nitrogen and oxygen atoms in total. The van der Waals surface area contributed by atoms with Crippen LogP contribution in [-0.4, -0.2) is 16.0 Å². The SMILES string of the molecule is CCOC(CC)(CC)c1nsc(Cl)n1. The first-order valence-electron chi connectivity index (χ1n) is 4.82. The number of rotatable bonds is 5. The number of hydrogen-bond acceptors (Lipinski definition) is 4. The molecular formula is C9H15ClN2OS. The maximum atomic E-state index is 5.77. The molecule has 0 aromatic carbocycles. The van der Waals surface area contributed by atoms with E-state index in [1.165, 1.54) is 11.5 Å². The van der Waals surface area contributed by atoms with E-state index < -0.39 is 0 Å². The fourth-order valence-electron chi connectivity index (χ4n) is 1.50. The van der Waals surface area contributed by atoms with Crippen molar-refractivity contribution >= 4 is 23.1 Å². The molecule has 0 saturated carbocycles. The van der Waals surface area contributed by atoms with Crippen LogP contribution in [0.3, 0.4) is 0 Å². The van der Waals surface area contributed by atoms with Gasteiger partial charge in [-0.1, -0.05) is 13.8 Å². The average Bonchev–Trinajstić information content (AvgIpc) is 2.62. The summed E-state index contributed by atoms with van der Waals surface area (Å²) in [6.45, 7) is 6.80. The Balaban J connectivity index is 2.97. The van der Waals surface area contributed by atoms with Crippen LogP contribution in [0.2, 0.25) is 4.47 Å². The lowest BCUT2D eigenvalue weighted by Crippen LogP contribution is -2.29. The van der Waals surface area contributed by atoms with Gasteiger partial charge in [-0.15, -0.1) is 0 Å².